The Kier molecular flexibility index (Phi) is 9.11. The Morgan fingerprint density at radius 3 is 2.12 bits per heavy atom. The molecule has 0 saturated carbocycles. The zero-order valence-electron chi connectivity index (χ0n) is 16.0. The summed E-state index contributed by atoms with van der Waals surface area (Å²) in [4.78, 5) is 4.63. The van der Waals surface area contributed by atoms with Crippen LogP contribution < -0.4 is 4.74 Å². The minimum absolute atomic E-state index is 0.810. The van der Waals surface area contributed by atoms with Gasteiger partial charge in [-0.15, -0.1) is 0 Å². The van der Waals surface area contributed by atoms with E-state index in [-0.39, 0.29) is 0 Å². The van der Waals surface area contributed by atoms with E-state index in [1.807, 2.05) is 6.20 Å². The number of nitrogens with zero attached hydrogens (tertiary/aromatic N) is 1. The quantitative estimate of drug-likeness (QED) is 0.395. The smallest absolute Gasteiger partial charge is 0.119 e. The molecule has 0 aliphatic carbocycles. The van der Waals surface area contributed by atoms with E-state index in [1.54, 1.807) is 0 Å². The standard InChI is InChI=1S/C23H33NO/c1-3-5-7-9-11-20-12-17-23(24-19-20)21-13-15-22(16-14-21)25-18-10-8-6-4-2/h12-17,19H,3-11,18H2,1-2H3. The molecule has 0 spiro atoms. The summed E-state index contributed by atoms with van der Waals surface area (Å²) >= 11 is 0. The van der Waals surface area contributed by atoms with Crippen molar-refractivity contribution in [1.82, 2.24) is 4.98 Å². The minimum atomic E-state index is 0.810. The molecule has 0 atom stereocenters. The molecule has 0 aliphatic heterocycles. The van der Waals surface area contributed by atoms with Crippen molar-refractivity contribution in [3.8, 4) is 17.0 Å². The van der Waals surface area contributed by atoms with Crippen molar-refractivity contribution in [3.05, 3.63) is 48.2 Å². The molecular formula is C23H33NO. The highest BCUT2D eigenvalue weighted by molar-refractivity contribution is 5.60. The van der Waals surface area contributed by atoms with Gasteiger partial charge in [0.15, 0.2) is 0 Å². The Bertz CT molecular complexity index is 574. The van der Waals surface area contributed by atoms with E-state index in [0.717, 1.165) is 36.5 Å². The van der Waals surface area contributed by atoms with Gasteiger partial charge in [0.25, 0.3) is 0 Å². The number of pyridine rings is 1. The molecule has 0 bridgehead atoms. The fourth-order valence-electron chi connectivity index (χ4n) is 2.94. The molecule has 0 radical (unpaired) electrons. The Morgan fingerprint density at radius 2 is 1.48 bits per heavy atom. The number of ether oxygens (including phenoxy) is 1. The number of unbranched alkanes of at least 4 members (excludes halogenated alkanes) is 6. The van der Waals surface area contributed by atoms with Crippen LogP contribution in [0.3, 0.4) is 0 Å². The molecule has 2 heteroatoms. The Balaban J connectivity index is 1.80. The first-order valence-corrected chi connectivity index (χ1v) is 10.0. The van der Waals surface area contributed by atoms with Crippen molar-refractivity contribution in [2.45, 2.75) is 71.6 Å². The summed E-state index contributed by atoms with van der Waals surface area (Å²) in [6.07, 6.45) is 13.3. The molecule has 136 valence electrons. The predicted octanol–water partition coefficient (Wildman–Crippen LogP) is 6.83. The van der Waals surface area contributed by atoms with Gasteiger partial charge in [-0.25, -0.2) is 0 Å². The van der Waals surface area contributed by atoms with Gasteiger partial charge in [-0.05, 0) is 55.2 Å². The second-order valence-corrected chi connectivity index (χ2v) is 6.80. The van der Waals surface area contributed by atoms with E-state index in [0.29, 0.717) is 0 Å². The molecule has 2 nitrogen and oxygen atoms in total. The van der Waals surface area contributed by atoms with Gasteiger partial charge >= 0.3 is 0 Å². The minimum Gasteiger partial charge on any atom is -0.494 e. The fraction of sp³-hybridized carbons (Fsp3) is 0.522. The van der Waals surface area contributed by atoms with Crippen molar-refractivity contribution in [2.24, 2.45) is 0 Å². The third-order valence-corrected chi connectivity index (χ3v) is 4.56. The number of hydrogen-bond acceptors (Lipinski definition) is 2. The molecule has 2 aromatic rings. The molecule has 1 aromatic carbocycles. The van der Waals surface area contributed by atoms with Crippen LogP contribution in [0.4, 0.5) is 0 Å². The molecule has 0 saturated heterocycles. The van der Waals surface area contributed by atoms with Crippen molar-refractivity contribution >= 4 is 0 Å². The van der Waals surface area contributed by atoms with Crippen LogP contribution in [0.1, 0.15) is 70.8 Å². The van der Waals surface area contributed by atoms with Crippen LogP contribution in [0.15, 0.2) is 42.6 Å². The maximum Gasteiger partial charge on any atom is 0.119 e. The molecule has 0 fully saturated rings. The van der Waals surface area contributed by atoms with E-state index in [9.17, 15) is 0 Å². The van der Waals surface area contributed by atoms with Gasteiger partial charge in [-0.2, -0.15) is 0 Å². The zero-order valence-corrected chi connectivity index (χ0v) is 16.0. The maximum atomic E-state index is 5.81. The molecule has 1 heterocycles. The largest absolute Gasteiger partial charge is 0.494 e. The average molecular weight is 340 g/mol. The Labute approximate surface area is 153 Å². The van der Waals surface area contributed by atoms with Crippen LogP contribution in [0.2, 0.25) is 0 Å². The van der Waals surface area contributed by atoms with Gasteiger partial charge < -0.3 is 4.74 Å². The lowest BCUT2D eigenvalue weighted by Crippen LogP contribution is -1.97. The van der Waals surface area contributed by atoms with Gasteiger partial charge in [0.05, 0.1) is 12.3 Å². The van der Waals surface area contributed by atoms with Gasteiger partial charge in [-0.3, -0.25) is 4.98 Å². The third-order valence-electron chi connectivity index (χ3n) is 4.56. The summed E-state index contributed by atoms with van der Waals surface area (Å²) in [5, 5.41) is 0. The van der Waals surface area contributed by atoms with Gasteiger partial charge in [-0.1, -0.05) is 58.4 Å². The first-order valence-electron chi connectivity index (χ1n) is 10.0. The van der Waals surface area contributed by atoms with Crippen molar-refractivity contribution in [1.29, 1.82) is 0 Å². The fourth-order valence-corrected chi connectivity index (χ4v) is 2.94. The third kappa shape index (κ3) is 7.29. The summed E-state index contributed by atoms with van der Waals surface area (Å²) in [6, 6.07) is 12.7. The first-order chi connectivity index (χ1) is 12.3. The number of benzene rings is 1. The predicted molar refractivity (Wildman–Crippen MR) is 107 cm³/mol. The lowest BCUT2D eigenvalue weighted by molar-refractivity contribution is 0.305. The number of aromatic nitrogens is 1. The average Bonchev–Trinajstić information content (AvgIpc) is 2.66. The highest BCUT2D eigenvalue weighted by atomic mass is 16.5. The monoisotopic (exact) mass is 339 g/mol. The van der Waals surface area contributed by atoms with Gasteiger partial charge in [0, 0.05) is 11.8 Å². The summed E-state index contributed by atoms with van der Waals surface area (Å²) in [6.45, 7) is 5.29. The van der Waals surface area contributed by atoms with Gasteiger partial charge in [0.2, 0.25) is 0 Å². The first kappa shape index (κ1) is 19.5. The lowest BCUT2D eigenvalue weighted by Gasteiger charge is -2.07. The molecule has 1 aromatic heterocycles. The van der Waals surface area contributed by atoms with E-state index in [1.165, 1.54) is 50.5 Å². The van der Waals surface area contributed by atoms with Crippen molar-refractivity contribution < 1.29 is 4.74 Å². The lowest BCUT2D eigenvalue weighted by atomic mass is 10.1. The van der Waals surface area contributed by atoms with Crippen LogP contribution in [-0.4, -0.2) is 11.6 Å². The summed E-state index contributed by atoms with van der Waals surface area (Å²) < 4.78 is 5.81. The Hall–Kier alpha value is -1.83. The van der Waals surface area contributed by atoms with E-state index in [4.69, 9.17) is 4.74 Å². The zero-order chi connectivity index (χ0) is 17.7. The van der Waals surface area contributed by atoms with Crippen LogP contribution in [0, 0.1) is 0 Å². The number of aryl methyl sites for hydroxylation is 1. The van der Waals surface area contributed by atoms with Crippen LogP contribution in [0.5, 0.6) is 5.75 Å². The van der Waals surface area contributed by atoms with E-state index in [2.05, 4.69) is 55.2 Å². The highest BCUT2D eigenvalue weighted by Gasteiger charge is 2.01. The summed E-state index contributed by atoms with van der Waals surface area (Å²) in [5.41, 5.74) is 3.52. The molecule has 25 heavy (non-hydrogen) atoms. The summed E-state index contributed by atoms with van der Waals surface area (Å²) in [5.74, 6) is 0.952. The molecule has 2 rings (SSSR count). The summed E-state index contributed by atoms with van der Waals surface area (Å²) in [7, 11) is 0. The molecule has 0 unspecified atom stereocenters. The number of rotatable bonds is 12. The molecule has 0 N–H and O–H groups in total. The topological polar surface area (TPSA) is 22.1 Å². The van der Waals surface area contributed by atoms with Crippen molar-refractivity contribution in [3.63, 3.8) is 0 Å². The second kappa shape index (κ2) is 11.7. The SMILES string of the molecule is CCCCCCOc1ccc(-c2ccc(CCCCCC)cn2)cc1. The van der Waals surface area contributed by atoms with Gasteiger partial charge in [0.1, 0.15) is 5.75 Å². The van der Waals surface area contributed by atoms with E-state index >= 15 is 0 Å². The Morgan fingerprint density at radius 1 is 0.760 bits per heavy atom. The number of hydrogen-bond donors (Lipinski definition) is 0. The van der Waals surface area contributed by atoms with Crippen LogP contribution in [-0.2, 0) is 6.42 Å². The second-order valence-electron chi connectivity index (χ2n) is 6.80. The maximum absolute atomic E-state index is 5.81. The molecular weight excluding hydrogens is 306 g/mol. The van der Waals surface area contributed by atoms with Crippen LogP contribution in [0.25, 0.3) is 11.3 Å². The van der Waals surface area contributed by atoms with E-state index < -0.39 is 0 Å². The highest BCUT2D eigenvalue weighted by Crippen LogP contribution is 2.21. The van der Waals surface area contributed by atoms with Crippen molar-refractivity contribution in [2.75, 3.05) is 6.61 Å². The normalized spacial score (nSPS) is 10.8. The van der Waals surface area contributed by atoms with Crippen LogP contribution >= 0.6 is 0 Å². The molecule has 0 aliphatic rings. The molecule has 0 amide bonds.